The maximum atomic E-state index is 12.7. The summed E-state index contributed by atoms with van der Waals surface area (Å²) in [6.45, 7) is 10.4. The molecule has 6 heteroatoms. The number of nitrogens with one attached hydrogen (secondary N) is 1. The van der Waals surface area contributed by atoms with Crippen LogP contribution in [-0.2, 0) is 22.5 Å². The van der Waals surface area contributed by atoms with Gasteiger partial charge in [0.2, 0.25) is 5.91 Å². The average molecular weight is 387 g/mol. The minimum Gasteiger partial charge on any atom is -0.378 e. The van der Waals surface area contributed by atoms with Crippen LogP contribution in [-0.4, -0.2) is 67.6 Å². The summed E-state index contributed by atoms with van der Waals surface area (Å²) in [5.74, 6) is 1.41. The van der Waals surface area contributed by atoms with E-state index in [1.807, 2.05) is 4.90 Å². The maximum Gasteiger partial charge on any atom is 0.225 e. The van der Waals surface area contributed by atoms with E-state index in [1.54, 1.807) is 0 Å². The number of aliphatic imine (C=N–C) groups is 1. The molecular formula is C22H34N4O2. The molecular weight excluding hydrogens is 352 g/mol. The number of rotatable bonds is 5. The highest BCUT2D eigenvalue weighted by molar-refractivity contribution is 5.82. The fraction of sp³-hybridized carbons (Fsp3) is 0.636. The third-order valence-corrected chi connectivity index (χ3v) is 5.70. The third kappa shape index (κ3) is 5.25. The molecule has 3 rings (SSSR count). The highest BCUT2D eigenvalue weighted by Crippen LogP contribution is 2.21. The van der Waals surface area contributed by atoms with Crippen molar-refractivity contribution in [2.75, 3.05) is 45.9 Å². The van der Waals surface area contributed by atoms with E-state index in [0.717, 1.165) is 57.9 Å². The van der Waals surface area contributed by atoms with Crippen molar-refractivity contribution in [2.45, 2.75) is 39.7 Å². The van der Waals surface area contributed by atoms with Crippen molar-refractivity contribution in [3.05, 3.63) is 35.4 Å². The first-order chi connectivity index (χ1) is 13.7. The average Bonchev–Trinajstić information content (AvgIpc) is 2.77. The summed E-state index contributed by atoms with van der Waals surface area (Å²) in [7, 11) is 0. The Bertz CT molecular complexity index is 662. The lowest BCUT2D eigenvalue weighted by Crippen LogP contribution is -2.50. The van der Waals surface area contributed by atoms with Gasteiger partial charge in [0.1, 0.15) is 0 Å². The van der Waals surface area contributed by atoms with Crippen LogP contribution in [0.25, 0.3) is 0 Å². The fourth-order valence-electron chi connectivity index (χ4n) is 4.02. The van der Waals surface area contributed by atoms with Crippen molar-refractivity contribution >= 4 is 11.9 Å². The normalized spacial score (nSPS) is 19.0. The molecule has 28 heavy (non-hydrogen) atoms. The van der Waals surface area contributed by atoms with Gasteiger partial charge in [-0.25, -0.2) is 4.99 Å². The van der Waals surface area contributed by atoms with Crippen molar-refractivity contribution in [2.24, 2.45) is 10.9 Å². The van der Waals surface area contributed by atoms with Gasteiger partial charge in [-0.2, -0.15) is 0 Å². The first-order valence-corrected chi connectivity index (χ1v) is 10.7. The Labute approximate surface area is 168 Å². The fourth-order valence-corrected chi connectivity index (χ4v) is 4.02. The van der Waals surface area contributed by atoms with E-state index < -0.39 is 0 Å². The molecule has 2 saturated heterocycles. The molecule has 2 aliphatic heterocycles. The number of piperidine rings is 1. The maximum absolute atomic E-state index is 12.7. The lowest BCUT2D eigenvalue weighted by molar-refractivity contribution is -0.140. The number of aryl methyl sites for hydroxylation is 1. The number of morpholine rings is 1. The Morgan fingerprint density at radius 3 is 2.39 bits per heavy atom. The zero-order valence-corrected chi connectivity index (χ0v) is 17.3. The number of ether oxygens (including phenoxy) is 1. The van der Waals surface area contributed by atoms with Gasteiger partial charge in [-0.3, -0.25) is 4.79 Å². The molecule has 2 fully saturated rings. The SMILES string of the molecule is CCNC(=NCc1ccccc1CC)N1CCC(C(=O)N2CCOCC2)CC1. The Hall–Kier alpha value is -2.08. The van der Waals surface area contributed by atoms with Gasteiger partial charge in [0.25, 0.3) is 0 Å². The van der Waals surface area contributed by atoms with Crippen molar-refractivity contribution in [3.63, 3.8) is 0 Å². The number of hydrogen-bond donors (Lipinski definition) is 1. The highest BCUT2D eigenvalue weighted by atomic mass is 16.5. The van der Waals surface area contributed by atoms with Crippen molar-refractivity contribution in [1.82, 2.24) is 15.1 Å². The standard InChI is InChI=1S/C22H34N4O2/c1-3-18-7-5-6-8-20(18)17-24-22(23-4-2)26-11-9-19(10-12-26)21(27)25-13-15-28-16-14-25/h5-8,19H,3-4,9-17H2,1-2H3,(H,23,24). The zero-order valence-electron chi connectivity index (χ0n) is 17.3. The number of hydrogen-bond acceptors (Lipinski definition) is 3. The van der Waals surface area contributed by atoms with Crippen LogP contribution in [0.15, 0.2) is 29.3 Å². The largest absolute Gasteiger partial charge is 0.378 e. The Balaban J connectivity index is 1.58. The summed E-state index contributed by atoms with van der Waals surface area (Å²) in [5.41, 5.74) is 2.65. The molecule has 1 aromatic rings. The number of carbonyl (C=O) groups excluding carboxylic acids is 1. The van der Waals surface area contributed by atoms with Gasteiger partial charge < -0.3 is 19.9 Å². The Kier molecular flexibility index (Phi) is 7.71. The summed E-state index contributed by atoms with van der Waals surface area (Å²) in [6.07, 6.45) is 2.82. The molecule has 0 saturated carbocycles. The molecule has 0 bridgehead atoms. The number of likely N-dealkylation sites (tertiary alicyclic amines) is 1. The van der Waals surface area contributed by atoms with E-state index in [-0.39, 0.29) is 5.92 Å². The summed E-state index contributed by atoms with van der Waals surface area (Å²) >= 11 is 0. The molecule has 0 aromatic heterocycles. The number of amides is 1. The van der Waals surface area contributed by atoms with E-state index in [0.29, 0.717) is 25.7 Å². The Morgan fingerprint density at radius 1 is 1.07 bits per heavy atom. The topological polar surface area (TPSA) is 57.2 Å². The smallest absolute Gasteiger partial charge is 0.225 e. The molecule has 6 nitrogen and oxygen atoms in total. The molecule has 1 N–H and O–H groups in total. The van der Waals surface area contributed by atoms with Crippen LogP contribution < -0.4 is 5.32 Å². The molecule has 154 valence electrons. The summed E-state index contributed by atoms with van der Waals surface area (Å²) < 4.78 is 5.37. The number of nitrogens with zero attached hydrogens (tertiary/aromatic N) is 3. The molecule has 0 atom stereocenters. The van der Waals surface area contributed by atoms with Crippen LogP contribution in [0, 0.1) is 5.92 Å². The van der Waals surface area contributed by atoms with Crippen LogP contribution in [0.4, 0.5) is 0 Å². The predicted octanol–water partition coefficient (Wildman–Crippen LogP) is 2.29. The second-order valence-electron chi connectivity index (χ2n) is 7.49. The van der Waals surface area contributed by atoms with Crippen molar-refractivity contribution in [1.29, 1.82) is 0 Å². The number of benzene rings is 1. The van der Waals surface area contributed by atoms with E-state index in [1.165, 1.54) is 11.1 Å². The minimum atomic E-state index is 0.137. The molecule has 0 aliphatic carbocycles. The van der Waals surface area contributed by atoms with Crippen LogP contribution in [0.3, 0.4) is 0 Å². The summed E-state index contributed by atoms with van der Waals surface area (Å²) in [5, 5.41) is 3.43. The van der Waals surface area contributed by atoms with Crippen molar-refractivity contribution < 1.29 is 9.53 Å². The quantitative estimate of drug-likeness (QED) is 0.623. The van der Waals surface area contributed by atoms with Crippen LogP contribution in [0.5, 0.6) is 0 Å². The molecule has 2 aliphatic rings. The number of carbonyl (C=O) groups is 1. The van der Waals surface area contributed by atoms with Crippen molar-refractivity contribution in [3.8, 4) is 0 Å². The van der Waals surface area contributed by atoms with Gasteiger partial charge in [-0.15, -0.1) is 0 Å². The highest BCUT2D eigenvalue weighted by Gasteiger charge is 2.30. The lowest BCUT2D eigenvalue weighted by Gasteiger charge is -2.36. The molecule has 0 spiro atoms. The molecule has 1 aromatic carbocycles. The van der Waals surface area contributed by atoms with Crippen LogP contribution in [0.1, 0.15) is 37.8 Å². The monoisotopic (exact) mass is 386 g/mol. The van der Waals surface area contributed by atoms with E-state index in [9.17, 15) is 4.79 Å². The molecule has 1 amide bonds. The van der Waals surface area contributed by atoms with Crippen LogP contribution >= 0.6 is 0 Å². The molecule has 2 heterocycles. The second kappa shape index (κ2) is 10.5. The van der Waals surface area contributed by atoms with Gasteiger partial charge in [-0.05, 0) is 37.3 Å². The molecule has 0 radical (unpaired) electrons. The second-order valence-corrected chi connectivity index (χ2v) is 7.49. The first-order valence-electron chi connectivity index (χ1n) is 10.7. The predicted molar refractivity (Wildman–Crippen MR) is 112 cm³/mol. The van der Waals surface area contributed by atoms with Gasteiger partial charge >= 0.3 is 0 Å². The van der Waals surface area contributed by atoms with E-state index >= 15 is 0 Å². The zero-order chi connectivity index (χ0) is 19.8. The summed E-state index contributed by atoms with van der Waals surface area (Å²) in [4.78, 5) is 21.9. The van der Waals surface area contributed by atoms with E-state index in [4.69, 9.17) is 9.73 Å². The van der Waals surface area contributed by atoms with Gasteiger partial charge in [-0.1, -0.05) is 31.2 Å². The minimum absolute atomic E-state index is 0.137. The Morgan fingerprint density at radius 2 is 1.75 bits per heavy atom. The lowest BCUT2D eigenvalue weighted by atomic mass is 9.95. The summed E-state index contributed by atoms with van der Waals surface area (Å²) in [6, 6.07) is 8.52. The van der Waals surface area contributed by atoms with Gasteiger partial charge in [0, 0.05) is 38.6 Å². The van der Waals surface area contributed by atoms with Gasteiger partial charge in [0.15, 0.2) is 5.96 Å². The third-order valence-electron chi connectivity index (χ3n) is 5.70. The van der Waals surface area contributed by atoms with E-state index in [2.05, 4.69) is 48.3 Å². The van der Waals surface area contributed by atoms with Crippen LogP contribution in [0.2, 0.25) is 0 Å². The van der Waals surface area contributed by atoms with Gasteiger partial charge in [0.05, 0.1) is 19.8 Å². The molecule has 0 unspecified atom stereocenters. The number of guanidine groups is 1. The first kappa shape index (κ1) is 20.6.